The lowest BCUT2D eigenvalue weighted by atomic mass is 9.87. The highest BCUT2D eigenvalue weighted by atomic mass is 16.4. The fourth-order valence-corrected chi connectivity index (χ4v) is 2.99. The topological polar surface area (TPSA) is 55.1 Å². The molecule has 0 saturated heterocycles. The van der Waals surface area contributed by atoms with Crippen molar-refractivity contribution in [3.8, 4) is 0 Å². The van der Waals surface area contributed by atoms with Crippen LogP contribution in [0.1, 0.15) is 57.2 Å². The van der Waals surface area contributed by atoms with Crippen molar-refractivity contribution in [3.63, 3.8) is 0 Å². The smallest absolute Gasteiger partial charge is 0.307 e. The van der Waals surface area contributed by atoms with Gasteiger partial charge in [0, 0.05) is 24.9 Å². The van der Waals surface area contributed by atoms with Gasteiger partial charge in [0.2, 0.25) is 0 Å². The Hall–Kier alpha value is -1.32. The Morgan fingerprint density at radius 2 is 2.22 bits per heavy atom. The second kappa shape index (κ2) is 6.03. The van der Waals surface area contributed by atoms with Gasteiger partial charge in [0.05, 0.1) is 5.92 Å². The Labute approximate surface area is 108 Å². The van der Waals surface area contributed by atoms with Crippen LogP contribution in [0.5, 0.6) is 0 Å². The summed E-state index contributed by atoms with van der Waals surface area (Å²) in [5.74, 6) is 0.149. The van der Waals surface area contributed by atoms with Crippen molar-refractivity contribution in [1.82, 2.24) is 9.55 Å². The van der Waals surface area contributed by atoms with Gasteiger partial charge in [0.1, 0.15) is 5.82 Å². The summed E-state index contributed by atoms with van der Waals surface area (Å²) in [4.78, 5) is 15.9. The van der Waals surface area contributed by atoms with Crippen LogP contribution in [0.3, 0.4) is 0 Å². The first-order valence-electron chi connectivity index (χ1n) is 6.98. The van der Waals surface area contributed by atoms with E-state index in [1.807, 2.05) is 6.20 Å². The molecule has 18 heavy (non-hydrogen) atoms. The number of hydrogen-bond donors (Lipinski definition) is 1. The van der Waals surface area contributed by atoms with E-state index in [1.54, 1.807) is 6.20 Å². The number of rotatable bonds is 4. The van der Waals surface area contributed by atoms with E-state index < -0.39 is 5.97 Å². The second-order valence-electron chi connectivity index (χ2n) is 5.17. The van der Waals surface area contributed by atoms with Gasteiger partial charge in [-0.15, -0.1) is 0 Å². The van der Waals surface area contributed by atoms with Gasteiger partial charge in [-0.1, -0.05) is 26.2 Å². The Balaban J connectivity index is 2.26. The molecule has 0 radical (unpaired) electrons. The summed E-state index contributed by atoms with van der Waals surface area (Å²) in [5.41, 5.74) is 0. The average molecular weight is 250 g/mol. The van der Waals surface area contributed by atoms with Crippen LogP contribution in [0, 0.1) is 5.92 Å². The summed E-state index contributed by atoms with van der Waals surface area (Å²) in [6.45, 7) is 3.06. The van der Waals surface area contributed by atoms with Crippen LogP contribution in [-0.2, 0) is 11.3 Å². The van der Waals surface area contributed by atoms with Gasteiger partial charge in [0.25, 0.3) is 0 Å². The van der Waals surface area contributed by atoms with Crippen molar-refractivity contribution in [3.05, 3.63) is 18.2 Å². The lowest BCUT2D eigenvalue weighted by Gasteiger charge is -2.22. The predicted molar refractivity (Wildman–Crippen MR) is 69.5 cm³/mol. The van der Waals surface area contributed by atoms with E-state index in [2.05, 4.69) is 16.5 Å². The third-order valence-corrected chi connectivity index (χ3v) is 3.88. The van der Waals surface area contributed by atoms with E-state index in [-0.39, 0.29) is 11.8 Å². The Kier molecular flexibility index (Phi) is 4.39. The van der Waals surface area contributed by atoms with Gasteiger partial charge in [0.15, 0.2) is 0 Å². The van der Waals surface area contributed by atoms with Crippen molar-refractivity contribution in [1.29, 1.82) is 0 Å². The van der Waals surface area contributed by atoms with E-state index in [0.717, 1.165) is 50.9 Å². The molecule has 0 bridgehead atoms. The number of aryl methyl sites for hydroxylation is 1. The number of aliphatic carboxylic acids is 1. The third kappa shape index (κ3) is 2.74. The van der Waals surface area contributed by atoms with E-state index >= 15 is 0 Å². The van der Waals surface area contributed by atoms with E-state index in [1.165, 1.54) is 0 Å². The zero-order valence-corrected chi connectivity index (χ0v) is 11.0. The van der Waals surface area contributed by atoms with Crippen LogP contribution >= 0.6 is 0 Å². The monoisotopic (exact) mass is 250 g/mol. The zero-order chi connectivity index (χ0) is 13.0. The SMILES string of the molecule is CCCn1ccnc1C1CCCCCC1C(=O)O. The molecule has 1 fully saturated rings. The van der Waals surface area contributed by atoms with E-state index in [4.69, 9.17) is 0 Å². The minimum Gasteiger partial charge on any atom is -0.481 e. The van der Waals surface area contributed by atoms with E-state index in [9.17, 15) is 9.90 Å². The number of hydrogen-bond acceptors (Lipinski definition) is 2. The van der Waals surface area contributed by atoms with Crippen LogP contribution in [-0.4, -0.2) is 20.6 Å². The maximum Gasteiger partial charge on any atom is 0.307 e. The molecule has 1 aliphatic rings. The van der Waals surface area contributed by atoms with Crippen LogP contribution in [0.15, 0.2) is 12.4 Å². The van der Waals surface area contributed by atoms with Gasteiger partial charge in [-0.05, 0) is 19.3 Å². The maximum absolute atomic E-state index is 11.4. The largest absolute Gasteiger partial charge is 0.481 e. The fraction of sp³-hybridized carbons (Fsp3) is 0.714. The minimum absolute atomic E-state index is 0.0894. The van der Waals surface area contributed by atoms with Gasteiger partial charge >= 0.3 is 5.97 Å². The molecule has 0 aromatic carbocycles. The number of carboxylic acid groups (broad SMARTS) is 1. The molecule has 100 valence electrons. The molecular weight excluding hydrogens is 228 g/mol. The van der Waals surface area contributed by atoms with Crippen LogP contribution in [0.4, 0.5) is 0 Å². The highest BCUT2D eigenvalue weighted by Gasteiger charge is 2.33. The molecule has 1 aliphatic carbocycles. The van der Waals surface area contributed by atoms with Gasteiger partial charge in [-0.3, -0.25) is 4.79 Å². The van der Waals surface area contributed by atoms with Gasteiger partial charge in [-0.2, -0.15) is 0 Å². The normalized spacial score (nSPS) is 24.7. The van der Waals surface area contributed by atoms with Gasteiger partial charge in [-0.25, -0.2) is 4.98 Å². The number of aromatic nitrogens is 2. The molecule has 1 saturated carbocycles. The lowest BCUT2D eigenvalue weighted by molar-refractivity contribution is -0.142. The van der Waals surface area contributed by atoms with Crippen LogP contribution in [0.25, 0.3) is 0 Å². The highest BCUT2D eigenvalue weighted by molar-refractivity contribution is 5.71. The molecule has 1 N–H and O–H groups in total. The lowest BCUT2D eigenvalue weighted by Crippen LogP contribution is -2.24. The highest BCUT2D eigenvalue weighted by Crippen LogP contribution is 2.36. The summed E-state index contributed by atoms with van der Waals surface area (Å²) < 4.78 is 2.13. The van der Waals surface area contributed by atoms with Crippen molar-refractivity contribution < 1.29 is 9.90 Å². The summed E-state index contributed by atoms with van der Waals surface area (Å²) in [5, 5.41) is 9.42. The summed E-state index contributed by atoms with van der Waals surface area (Å²) in [6, 6.07) is 0. The molecule has 1 aromatic heterocycles. The molecular formula is C14H22N2O2. The first-order chi connectivity index (χ1) is 8.74. The summed E-state index contributed by atoms with van der Waals surface area (Å²) >= 11 is 0. The molecule has 4 nitrogen and oxygen atoms in total. The van der Waals surface area contributed by atoms with Crippen molar-refractivity contribution >= 4 is 5.97 Å². The number of nitrogens with zero attached hydrogens (tertiary/aromatic N) is 2. The number of carboxylic acids is 1. The molecule has 0 amide bonds. The third-order valence-electron chi connectivity index (χ3n) is 3.88. The molecule has 1 heterocycles. The number of carbonyl (C=O) groups is 1. The Morgan fingerprint density at radius 1 is 1.44 bits per heavy atom. The second-order valence-corrected chi connectivity index (χ2v) is 5.17. The quantitative estimate of drug-likeness (QED) is 0.836. The van der Waals surface area contributed by atoms with Crippen molar-refractivity contribution in [2.45, 2.75) is 57.9 Å². The first-order valence-corrected chi connectivity index (χ1v) is 6.98. The average Bonchev–Trinajstić information content (AvgIpc) is 2.65. The molecule has 0 aliphatic heterocycles. The Morgan fingerprint density at radius 3 is 2.94 bits per heavy atom. The van der Waals surface area contributed by atoms with Crippen molar-refractivity contribution in [2.24, 2.45) is 5.92 Å². The van der Waals surface area contributed by atoms with Crippen LogP contribution < -0.4 is 0 Å². The summed E-state index contributed by atoms with van der Waals surface area (Å²) in [6.07, 6.45) is 9.87. The van der Waals surface area contributed by atoms with Crippen LogP contribution in [0.2, 0.25) is 0 Å². The standard InChI is InChI=1S/C14H22N2O2/c1-2-9-16-10-8-15-13(16)11-6-4-3-5-7-12(11)14(17)18/h8,10-12H,2-7,9H2,1H3,(H,17,18). The van der Waals surface area contributed by atoms with E-state index in [0.29, 0.717) is 0 Å². The number of imidazole rings is 1. The molecule has 2 unspecified atom stereocenters. The molecule has 2 atom stereocenters. The van der Waals surface area contributed by atoms with Gasteiger partial charge < -0.3 is 9.67 Å². The molecule has 0 spiro atoms. The maximum atomic E-state index is 11.4. The summed E-state index contributed by atoms with van der Waals surface area (Å²) in [7, 11) is 0. The van der Waals surface area contributed by atoms with Crippen molar-refractivity contribution in [2.75, 3.05) is 0 Å². The first kappa shape index (κ1) is 13.1. The predicted octanol–water partition coefficient (Wildman–Crippen LogP) is 3.04. The zero-order valence-electron chi connectivity index (χ0n) is 11.0. The molecule has 1 aromatic rings. The minimum atomic E-state index is -0.659. The Bertz CT molecular complexity index is 400. The molecule has 4 heteroatoms. The molecule has 2 rings (SSSR count). The fourth-order valence-electron chi connectivity index (χ4n) is 2.99.